The van der Waals surface area contributed by atoms with Crippen molar-refractivity contribution in [3.8, 4) is 28.0 Å². The minimum Gasteiger partial charge on any atom is -0.378 e. The molecule has 3 heterocycles. The highest BCUT2D eigenvalue weighted by molar-refractivity contribution is 7.92. The fraction of sp³-hybridized carbons (Fsp3) is 0.0690. The first-order valence-electron chi connectivity index (χ1n) is 12.1. The molecule has 0 aliphatic carbocycles. The molecule has 0 fully saturated rings. The van der Waals surface area contributed by atoms with Crippen LogP contribution in [0.25, 0.3) is 44.2 Å². The molecule has 1 N–H and O–H groups in total. The molecule has 0 aliphatic heterocycles. The zero-order chi connectivity index (χ0) is 28.1. The molecule has 0 aliphatic rings. The summed E-state index contributed by atoms with van der Waals surface area (Å²) < 4.78 is 56.5. The summed E-state index contributed by atoms with van der Waals surface area (Å²) in [5.41, 5.74) is 5.50. The van der Waals surface area contributed by atoms with Gasteiger partial charge in [0.1, 0.15) is 11.4 Å². The molecule has 0 saturated carbocycles. The number of nitrogens with one attached hydrogen (secondary N) is 1. The molecular formula is C29H23N3O5S3. The number of rotatable bonds is 7. The Morgan fingerprint density at radius 2 is 1.62 bits per heavy atom. The number of benzene rings is 3. The molecule has 0 atom stereocenters. The Balaban J connectivity index is 1.55. The van der Waals surface area contributed by atoms with Gasteiger partial charge in [0.05, 0.1) is 11.9 Å². The monoisotopic (exact) mass is 589 g/mol. The van der Waals surface area contributed by atoms with Crippen LogP contribution in [0.5, 0.6) is 5.75 Å². The van der Waals surface area contributed by atoms with Gasteiger partial charge in [0.15, 0.2) is 4.21 Å². The second kappa shape index (κ2) is 9.77. The summed E-state index contributed by atoms with van der Waals surface area (Å²) in [6.45, 7) is 0. The fourth-order valence-electron chi connectivity index (χ4n) is 4.63. The Labute approximate surface area is 235 Å². The van der Waals surface area contributed by atoms with Gasteiger partial charge in [-0.25, -0.2) is 13.4 Å². The maximum Gasteiger partial charge on any atom is 0.348 e. The average molecular weight is 590 g/mol. The second-order valence-corrected chi connectivity index (χ2v) is 14.0. The molecular weight excluding hydrogens is 567 g/mol. The molecule has 6 rings (SSSR count). The van der Waals surface area contributed by atoms with E-state index in [2.05, 4.69) is 4.98 Å². The van der Waals surface area contributed by atoms with E-state index >= 15 is 0 Å². The smallest absolute Gasteiger partial charge is 0.348 e. The molecule has 0 bridgehead atoms. The van der Waals surface area contributed by atoms with Crippen LogP contribution >= 0.6 is 11.3 Å². The van der Waals surface area contributed by atoms with Crippen LogP contribution in [0.15, 0.2) is 101 Å². The first kappa shape index (κ1) is 26.1. The molecule has 11 heteroatoms. The zero-order valence-corrected chi connectivity index (χ0v) is 23.8. The van der Waals surface area contributed by atoms with Crippen molar-refractivity contribution in [2.24, 2.45) is 0 Å². The van der Waals surface area contributed by atoms with Gasteiger partial charge in [-0.05, 0) is 52.9 Å². The van der Waals surface area contributed by atoms with Crippen LogP contribution < -0.4 is 8.49 Å². The quantitative estimate of drug-likeness (QED) is 0.220. The fourth-order valence-corrected chi connectivity index (χ4v) is 7.00. The van der Waals surface area contributed by atoms with Crippen molar-refractivity contribution in [2.75, 3.05) is 17.6 Å². The number of fused-ring (bicyclic) bond motifs is 3. The van der Waals surface area contributed by atoms with Gasteiger partial charge < -0.3 is 9.17 Å². The maximum absolute atomic E-state index is 12.8. The third-order valence-corrected chi connectivity index (χ3v) is 10.5. The molecule has 6 aromatic rings. The molecule has 0 saturated heterocycles. The molecule has 40 heavy (non-hydrogen) atoms. The maximum atomic E-state index is 12.8. The van der Waals surface area contributed by atoms with Crippen LogP contribution in [-0.2, 0) is 20.1 Å². The van der Waals surface area contributed by atoms with Crippen molar-refractivity contribution in [1.29, 1.82) is 0 Å². The van der Waals surface area contributed by atoms with E-state index in [9.17, 15) is 16.8 Å². The summed E-state index contributed by atoms with van der Waals surface area (Å²) in [5.74, 6) is 0.194. The summed E-state index contributed by atoms with van der Waals surface area (Å²) in [7, 11) is -5.85. The number of sulfonamides is 1. The van der Waals surface area contributed by atoms with E-state index < -0.39 is 20.1 Å². The predicted octanol–water partition coefficient (Wildman–Crippen LogP) is 6.28. The van der Waals surface area contributed by atoms with E-state index in [0.29, 0.717) is 11.3 Å². The first-order chi connectivity index (χ1) is 19.1. The summed E-state index contributed by atoms with van der Waals surface area (Å²) >= 11 is 1.09. The van der Waals surface area contributed by atoms with Gasteiger partial charge in [0.2, 0.25) is 10.0 Å². The highest BCUT2D eigenvalue weighted by atomic mass is 32.3. The SMILES string of the molecule is CN(c1ccc(-c2cnc3[nH]c4ccc(OS(=O)(=O)c5cccs5)cc4c3c2-c2ccccc2)cc1)S(C)(=O)=O. The van der Waals surface area contributed by atoms with E-state index in [1.54, 1.807) is 48.0 Å². The molecule has 202 valence electrons. The van der Waals surface area contributed by atoms with Crippen LogP contribution in [0.2, 0.25) is 0 Å². The first-order valence-corrected chi connectivity index (χ1v) is 16.3. The number of thiophene rings is 1. The lowest BCUT2D eigenvalue weighted by molar-refractivity contribution is 0.488. The summed E-state index contributed by atoms with van der Waals surface area (Å²) in [6.07, 6.45) is 2.95. The number of H-pyrrole nitrogens is 1. The molecule has 3 aromatic heterocycles. The van der Waals surface area contributed by atoms with Crippen LogP contribution in [-0.4, -0.2) is 40.1 Å². The minimum atomic E-state index is -3.96. The second-order valence-electron chi connectivity index (χ2n) is 9.22. The minimum absolute atomic E-state index is 0.130. The van der Waals surface area contributed by atoms with Crippen molar-refractivity contribution in [3.63, 3.8) is 0 Å². The number of hydrogen-bond acceptors (Lipinski definition) is 7. The van der Waals surface area contributed by atoms with Gasteiger partial charge in [-0.15, -0.1) is 11.3 Å². The standard InChI is InChI=1S/C29H23N3O5S3/c1-32(39(2,33)34)21-12-10-19(11-13-21)24-18-30-29-28(27(24)20-7-4-3-5-8-20)23-17-22(14-15-25(23)31-29)37-40(35,36)26-9-6-16-38-26/h3-18H,1-2H3,(H,30,31). The normalized spacial score (nSPS) is 12.2. The Morgan fingerprint density at radius 1 is 0.875 bits per heavy atom. The molecule has 0 radical (unpaired) electrons. The average Bonchev–Trinajstić information content (AvgIpc) is 3.61. The van der Waals surface area contributed by atoms with Crippen molar-refractivity contribution >= 4 is 59.1 Å². The van der Waals surface area contributed by atoms with E-state index in [0.717, 1.165) is 56.1 Å². The van der Waals surface area contributed by atoms with Gasteiger partial charge in [0.25, 0.3) is 0 Å². The van der Waals surface area contributed by atoms with E-state index in [-0.39, 0.29) is 9.96 Å². The Hall–Kier alpha value is -4.19. The Bertz CT molecular complexity index is 2070. The highest BCUT2D eigenvalue weighted by Gasteiger charge is 2.21. The Kier molecular flexibility index (Phi) is 6.37. The molecule has 3 aromatic carbocycles. The summed E-state index contributed by atoms with van der Waals surface area (Å²) in [5, 5.41) is 3.26. The topological polar surface area (TPSA) is 109 Å². The summed E-state index contributed by atoms with van der Waals surface area (Å²) in [6, 6.07) is 25.4. The largest absolute Gasteiger partial charge is 0.378 e. The Morgan fingerprint density at radius 3 is 2.30 bits per heavy atom. The van der Waals surface area contributed by atoms with Gasteiger partial charge in [-0.2, -0.15) is 8.42 Å². The van der Waals surface area contributed by atoms with Crippen LogP contribution in [0, 0.1) is 0 Å². The summed E-state index contributed by atoms with van der Waals surface area (Å²) in [4.78, 5) is 8.04. The lowest BCUT2D eigenvalue weighted by atomic mass is 9.92. The van der Waals surface area contributed by atoms with Crippen LogP contribution in [0.3, 0.4) is 0 Å². The predicted molar refractivity (Wildman–Crippen MR) is 160 cm³/mol. The molecule has 8 nitrogen and oxygen atoms in total. The number of nitrogens with zero attached hydrogens (tertiary/aromatic N) is 2. The van der Waals surface area contributed by atoms with E-state index in [4.69, 9.17) is 9.17 Å². The van der Waals surface area contributed by atoms with Crippen molar-refractivity contribution < 1.29 is 21.0 Å². The number of anilines is 1. The number of aromatic nitrogens is 2. The van der Waals surface area contributed by atoms with E-state index in [1.807, 2.05) is 42.5 Å². The van der Waals surface area contributed by atoms with Gasteiger partial charge in [-0.1, -0.05) is 48.5 Å². The van der Waals surface area contributed by atoms with Gasteiger partial charge >= 0.3 is 10.1 Å². The van der Waals surface area contributed by atoms with Gasteiger partial charge in [-0.3, -0.25) is 4.31 Å². The zero-order valence-electron chi connectivity index (χ0n) is 21.4. The molecule has 0 unspecified atom stereocenters. The number of aromatic amines is 1. The number of pyridine rings is 1. The van der Waals surface area contributed by atoms with Crippen molar-refractivity contribution in [1.82, 2.24) is 9.97 Å². The molecule has 0 amide bonds. The van der Waals surface area contributed by atoms with Crippen molar-refractivity contribution in [3.05, 3.63) is 96.5 Å². The third-order valence-electron chi connectivity index (χ3n) is 6.64. The van der Waals surface area contributed by atoms with Gasteiger partial charge in [0, 0.05) is 40.7 Å². The molecule has 0 spiro atoms. The lowest BCUT2D eigenvalue weighted by Crippen LogP contribution is -2.24. The van der Waals surface area contributed by atoms with Crippen LogP contribution in [0.1, 0.15) is 0 Å². The highest BCUT2D eigenvalue weighted by Crippen LogP contribution is 2.41. The third kappa shape index (κ3) is 4.72. The lowest BCUT2D eigenvalue weighted by Gasteiger charge is -2.17. The van der Waals surface area contributed by atoms with Crippen molar-refractivity contribution in [2.45, 2.75) is 4.21 Å². The number of hydrogen-bond donors (Lipinski definition) is 1. The van der Waals surface area contributed by atoms with E-state index in [1.165, 1.54) is 17.4 Å². The van der Waals surface area contributed by atoms with Crippen LogP contribution in [0.4, 0.5) is 5.69 Å².